The standard InChI is InChI=1S/C6H8O4/c1-4(2-7)6(8)10-5-3-9-5/h5,7H,1-3H2. The van der Waals surface area contributed by atoms with E-state index in [2.05, 4.69) is 16.1 Å². The predicted molar refractivity (Wildman–Crippen MR) is 32.1 cm³/mol. The summed E-state index contributed by atoms with van der Waals surface area (Å²) in [6.45, 7) is 3.35. The number of epoxide rings is 1. The fourth-order valence-electron chi connectivity index (χ4n) is 0.375. The second-order valence-corrected chi connectivity index (χ2v) is 1.93. The van der Waals surface area contributed by atoms with Crippen molar-refractivity contribution in [2.45, 2.75) is 6.29 Å². The zero-order chi connectivity index (χ0) is 7.56. The Morgan fingerprint density at radius 3 is 2.90 bits per heavy atom. The van der Waals surface area contributed by atoms with Gasteiger partial charge in [-0.15, -0.1) is 0 Å². The molecule has 1 heterocycles. The van der Waals surface area contributed by atoms with Gasteiger partial charge in [0.1, 0.15) is 6.61 Å². The van der Waals surface area contributed by atoms with Gasteiger partial charge in [0.2, 0.25) is 6.29 Å². The molecular weight excluding hydrogens is 136 g/mol. The summed E-state index contributed by atoms with van der Waals surface area (Å²) in [5, 5.41) is 8.40. The molecule has 1 atom stereocenters. The van der Waals surface area contributed by atoms with Crippen molar-refractivity contribution in [1.82, 2.24) is 0 Å². The van der Waals surface area contributed by atoms with Crippen molar-refractivity contribution in [1.29, 1.82) is 0 Å². The minimum absolute atomic E-state index is 0.0514. The van der Waals surface area contributed by atoms with Crippen LogP contribution in [0.5, 0.6) is 0 Å². The van der Waals surface area contributed by atoms with E-state index in [1.54, 1.807) is 0 Å². The molecule has 0 bridgehead atoms. The molecule has 0 aromatic rings. The molecule has 1 saturated heterocycles. The summed E-state index contributed by atoms with van der Waals surface area (Å²) < 4.78 is 9.20. The van der Waals surface area contributed by atoms with Crippen molar-refractivity contribution in [2.75, 3.05) is 13.2 Å². The van der Waals surface area contributed by atoms with E-state index in [1.807, 2.05) is 0 Å². The smallest absolute Gasteiger partial charge is 0.338 e. The third-order valence-corrected chi connectivity index (χ3v) is 1.02. The van der Waals surface area contributed by atoms with Gasteiger partial charge < -0.3 is 14.6 Å². The van der Waals surface area contributed by atoms with Crippen LogP contribution in [0.15, 0.2) is 12.2 Å². The van der Waals surface area contributed by atoms with Crippen LogP contribution in [0.3, 0.4) is 0 Å². The van der Waals surface area contributed by atoms with E-state index in [1.165, 1.54) is 0 Å². The average Bonchev–Trinajstić information content (AvgIpc) is 2.70. The molecule has 0 amide bonds. The van der Waals surface area contributed by atoms with Gasteiger partial charge in [-0.3, -0.25) is 0 Å². The van der Waals surface area contributed by atoms with Crippen LogP contribution in [0.2, 0.25) is 0 Å². The highest BCUT2D eigenvalue weighted by Crippen LogP contribution is 2.11. The number of rotatable bonds is 3. The Morgan fingerprint density at radius 1 is 1.90 bits per heavy atom. The van der Waals surface area contributed by atoms with Crippen LogP contribution in [-0.4, -0.2) is 30.6 Å². The fraction of sp³-hybridized carbons (Fsp3) is 0.500. The molecule has 0 aromatic heterocycles. The van der Waals surface area contributed by atoms with Crippen LogP contribution in [0.4, 0.5) is 0 Å². The number of carbonyl (C=O) groups excluding carboxylic acids is 1. The molecule has 1 rings (SSSR count). The van der Waals surface area contributed by atoms with Gasteiger partial charge in [0, 0.05) is 0 Å². The van der Waals surface area contributed by atoms with Crippen molar-refractivity contribution >= 4 is 5.97 Å². The summed E-state index contributed by atoms with van der Waals surface area (Å²) in [4.78, 5) is 10.7. The first-order valence-corrected chi connectivity index (χ1v) is 2.85. The average molecular weight is 144 g/mol. The van der Waals surface area contributed by atoms with Crippen molar-refractivity contribution in [2.24, 2.45) is 0 Å². The van der Waals surface area contributed by atoms with Crippen molar-refractivity contribution in [3.63, 3.8) is 0 Å². The zero-order valence-electron chi connectivity index (χ0n) is 5.37. The SMILES string of the molecule is C=C(CO)C(=O)OC1CO1. The minimum atomic E-state index is -0.593. The van der Waals surface area contributed by atoms with E-state index in [0.29, 0.717) is 6.61 Å². The van der Waals surface area contributed by atoms with Crippen LogP contribution < -0.4 is 0 Å². The topological polar surface area (TPSA) is 59.1 Å². The Hall–Kier alpha value is -0.870. The monoisotopic (exact) mass is 144 g/mol. The summed E-state index contributed by atoms with van der Waals surface area (Å²) in [7, 11) is 0. The summed E-state index contributed by atoms with van der Waals surface area (Å²) in [5.74, 6) is -0.593. The second-order valence-electron chi connectivity index (χ2n) is 1.93. The van der Waals surface area contributed by atoms with E-state index in [0.717, 1.165) is 0 Å². The Bertz CT molecular complexity index is 159. The quantitative estimate of drug-likeness (QED) is 0.327. The molecule has 0 saturated carbocycles. The molecular formula is C6H8O4. The van der Waals surface area contributed by atoms with E-state index >= 15 is 0 Å². The Labute approximate surface area is 58.1 Å². The second kappa shape index (κ2) is 2.81. The van der Waals surface area contributed by atoms with Gasteiger partial charge in [0.15, 0.2) is 0 Å². The molecule has 1 N–H and O–H groups in total. The minimum Gasteiger partial charge on any atom is -0.430 e. The first-order valence-electron chi connectivity index (χ1n) is 2.85. The highest BCUT2D eigenvalue weighted by molar-refractivity contribution is 5.88. The van der Waals surface area contributed by atoms with Gasteiger partial charge >= 0.3 is 5.97 Å². The highest BCUT2D eigenvalue weighted by Gasteiger charge is 2.27. The maximum Gasteiger partial charge on any atom is 0.338 e. The number of aliphatic hydroxyl groups is 1. The molecule has 10 heavy (non-hydrogen) atoms. The van der Waals surface area contributed by atoms with Crippen molar-refractivity contribution < 1.29 is 19.4 Å². The first kappa shape index (κ1) is 7.24. The lowest BCUT2D eigenvalue weighted by atomic mass is 10.3. The summed E-state index contributed by atoms with van der Waals surface area (Å²) in [5.41, 5.74) is 0.0514. The normalized spacial score (nSPS) is 21.9. The Kier molecular flexibility index (Phi) is 2.03. The molecule has 0 spiro atoms. The van der Waals surface area contributed by atoms with E-state index in [4.69, 9.17) is 5.11 Å². The van der Waals surface area contributed by atoms with E-state index < -0.39 is 12.3 Å². The van der Waals surface area contributed by atoms with Crippen LogP contribution in [0, 0.1) is 0 Å². The lowest BCUT2D eigenvalue weighted by Crippen LogP contribution is -2.11. The van der Waals surface area contributed by atoms with E-state index in [9.17, 15) is 4.79 Å². The third-order valence-electron chi connectivity index (χ3n) is 1.02. The molecule has 4 nitrogen and oxygen atoms in total. The molecule has 0 aliphatic carbocycles. The summed E-state index contributed by atoms with van der Waals surface area (Å²) in [6, 6.07) is 0. The largest absolute Gasteiger partial charge is 0.430 e. The number of hydrogen-bond acceptors (Lipinski definition) is 4. The molecule has 4 heteroatoms. The lowest BCUT2D eigenvalue weighted by molar-refractivity contribution is -0.144. The van der Waals surface area contributed by atoms with Gasteiger partial charge in [0.05, 0.1) is 12.2 Å². The van der Waals surface area contributed by atoms with Crippen LogP contribution in [0.1, 0.15) is 0 Å². The Balaban J connectivity index is 2.25. The molecule has 1 aliphatic rings. The number of carbonyl (C=O) groups is 1. The first-order chi connectivity index (χ1) is 4.74. The number of hydrogen-bond donors (Lipinski definition) is 1. The molecule has 1 aliphatic heterocycles. The third kappa shape index (κ3) is 1.82. The van der Waals surface area contributed by atoms with Crippen LogP contribution >= 0.6 is 0 Å². The number of esters is 1. The Morgan fingerprint density at radius 2 is 2.50 bits per heavy atom. The number of aliphatic hydroxyl groups excluding tert-OH is 1. The van der Waals surface area contributed by atoms with Crippen molar-refractivity contribution in [3.8, 4) is 0 Å². The van der Waals surface area contributed by atoms with E-state index in [-0.39, 0.29) is 12.2 Å². The maximum absolute atomic E-state index is 10.7. The lowest BCUT2D eigenvalue weighted by Gasteiger charge is -1.99. The zero-order valence-corrected chi connectivity index (χ0v) is 5.37. The van der Waals surface area contributed by atoms with Gasteiger partial charge in [-0.2, -0.15) is 0 Å². The van der Waals surface area contributed by atoms with Gasteiger partial charge in [0.25, 0.3) is 0 Å². The highest BCUT2D eigenvalue weighted by atomic mass is 16.8. The van der Waals surface area contributed by atoms with Gasteiger partial charge in [-0.1, -0.05) is 6.58 Å². The van der Waals surface area contributed by atoms with Gasteiger partial charge in [-0.25, -0.2) is 4.79 Å². The summed E-state index contributed by atoms with van der Waals surface area (Å²) >= 11 is 0. The molecule has 0 radical (unpaired) electrons. The molecule has 0 aromatic carbocycles. The van der Waals surface area contributed by atoms with Crippen LogP contribution in [0.25, 0.3) is 0 Å². The van der Waals surface area contributed by atoms with Crippen molar-refractivity contribution in [3.05, 3.63) is 12.2 Å². The molecule has 1 fully saturated rings. The van der Waals surface area contributed by atoms with Crippen LogP contribution in [-0.2, 0) is 14.3 Å². The predicted octanol–water partition coefficient (Wildman–Crippen LogP) is -0.566. The maximum atomic E-state index is 10.7. The molecule has 56 valence electrons. The van der Waals surface area contributed by atoms with Gasteiger partial charge in [-0.05, 0) is 0 Å². The summed E-state index contributed by atoms with van der Waals surface area (Å²) in [6.07, 6.45) is -0.407. The number of ether oxygens (including phenoxy) is 2. The fourth-order valence-corrected chi connectivity index (χ4v) is 0.375. The molecule has 1 unspecified atom stereocenters.